The molecule has 17 heavy (non-hydrogen) atoms. The normalized spacial score (nSPS) is 19.7. The summed E-state index contributed by atoms with van der Waals surface area (Å²) in [4.78, 5) is 16.3. The number of ether oxygens (including phenoxy) is 1. The van der Waals surface area contributed by atoms with E-state index in [2.05, 4.69) is 11.9 Å². The Morgan fingerprint density at radius 3 is 3.06 bits per heavy atom. The standard InChI is InChI=1S/C12H17NO3S/c1-2-8-10(5-6-11(14)15)17-12(13-8)9-4-3-7-16-9/h9H,2-7H2,1H3,(H,14,15). The molecule has 1 aliphatic heterocycles. The first-order valence-corrected chi connectivity index (χ1v) is 6.84. The summed E-state index contributed by atoms with van der Waals surface area (Å²) in [6.45, 7) is 2.87. The third-order valence-corrected chi connectivity index (χ3v) is 4.15. The Kier molecular flexibility index (Phi) is 4.12. The first-order valence-electron chi connectivity index (χ1n) is 6.02. The lowest BCUT2D eigenvalue weighted by Crippen LogP contribution is -1.98. The van der Waals surface area contributed by atoms with Gasteiger partial charge >= 0.3 is 5.97 Å². The van der Waals surface area contributed by atoms with E-state index in [0.717, 1.165) is 41.4 Å². The molecule has 0 saturated carbocycles. The quantitative estimate of drug-likeness (QED) is 0.878. The molecule has 1 unspecified atom stereocenters. The summed E-state index contributed by atoms with van der Waals surface area (Å²) in [5.41, 5.74) is 1.04. The van der Waals surface area contributed by atoms with Crippen LogP contribution in [0.25, 0.3) is 0 Å². The van der Waals surface area contributed by atoms with Crippen LogP contribution in [0.3, 0.4) is 0 Å². The molecule has 1 aromatic rings. The Morgan fingerprint density at radius 2 is 2.47 bits per heavy atom. The van der Waals surface area contributed by atoms with E-state index in [1.807, 2.05) is 0 Å². The van der Waals surface area contributed by atoms with Gasteiger partial charge < -0.3 is 9.84 Å². The number of carboxylic acid groups (broad SMARTS) is 1. The van der Waals surface area contributed by atoms with Crippen LogP contribution in [0.1, 0.15) is 47.9 Å². The van der Waals surface area contributed by atoms with Crippen molar-refractivity contribution in [1.82, 2.24) is 4.98 Å². The summed E-state index contributed by atoms with van der Waals surface area (Å²) < 4.78 is 5.61. The predicted octanol–water partition coefficient (Wildman–Crippen LogP) is 2.57. The number of aryl methyl sites for hydroxylation is 2. The molecule has 1 atom stereocenters. The van der Waals surface area contributed by atoms with E-state index >= 15 is 0 Å². The Morgan fingerprint density at radius 1 is 1.65 bits per heavy atom. The third kappa shape index (κ3) is 3.04. The molecule has 2 rings (SSSR count). The summed E-state index contributed by atoms with van der Waals surface area (Å²) >= 11 is 1.62. The number of aromatic nitrogens is 1. The van der Waals surface area contributed by atoms with Crippen LogP contribution in [-0.4, -0.2) is 22.7 Å². The lowest BCUT2D eigenvalue weighted by atomic mass is 10.2. The minimum atomic E-state index is -0.751. The molecule has 1 aromatic heterocycles. The number of aliphatic carboxylic acids is 1. The second-order valence-corrected chi connectivity index (χ2v) is 5.29. The van der Waals surface area contributed by atoms with Gasteiger partial charge in [-0.05, 0) is 25.7 Å². The number of carboxylic acids is 1. The molecular formula is C12H17NO3S. The maximum absolute atomic E-state index is 10.6. The van der Waals surface area contributed by atoms with Gasteiger partial charge in [-0.25, -0.2) is 4.98 Å². The fourth-order valence-corrected chi connectivity index (χ4v) is 3.24. The molecule has 1 fully saturated rings. The van der Waals surface area contributed by atoms with Crippen molar-refractivity contribution in [3.63, 3.8) is 0 Å². The van der Waals surface area contributed by atoms with Crippen molar-refractivity contribution in [2.75, 3.05) is 6.61 Å². The second kappa shape index (κ2) is 5.60. The van der Waals surface area contributed by atoms with E-state index in [1.165, 1.54) is 0 Å². The van der Waals surface area contributed by atoms with Gasteiger partial charge in [0.2, 0.25) is 0 Å². The Labute approximate surface area is 105 Å². The largest absolute Gasteiger partial charge is 0.481 e. The average Bonchev–Trinajstić information content (AvgIpc) is 2.94. The zero-order valence-electron chi connectivity index (χ0n) is 9.94. The summed E-state index contributed by atoms with van der Waals surface area (Å²) in [5, 5.41) is 9.74. The molecule has 1 N–H and O–H groups in total. The summed E-state index contributed by atoms with van der Waals surface area (Å²) in [6, 6.07) is 0. The molecule has 0 amide bonds. The topological polar surface area (TPSA) is 59.4 Å². The maximum atomic E-state index is 10.6. The summed E-state index contributed by atoms with van der Waals surface area (Å²) in [7, 11) is 0. The fraction of sp³-hybridized carbons (Fsp3) is 0.667. The van der Waals surface area contributed by atoms with Gasteiger partial charge in [0.15, 0.2) is 0 Å². The van der Waals surface area contributed by atoms with Gasteiger partial charge in [-0.2, -0.15) is 0 Å². The van der Waals surface area contributed by atoms with Crippen molar-refractivity contribution >= 4 is 17.3 Å². The molecular weight excluding hydrogens is 238 g/mol. The lowest BCUT2D eigenvalue weighted by Gasteiger charge is -2.03. The molecule has 0 radical (unpaired) electrons. The highest BCUT2D eigenvalue weighted by molar-refractivity contribution is 7.11. The van der Waals surface area contributed by atoms with Gasteiger partial charge in [0.25, 0.3) is 0 Å². The first-order chi connectivity index (χ1) is 8.20. The van der Waals surface area contributed by atoms with E-state index in [-0.39, 0.29) is 12.5 Å². The van der Waals surface area contributed by atoms with Crippen molar-refractivity contribution in [3.8, 4) is 0 Å². The molecule has 2 heterocycles. The van der Waals surface area contributed by atoms with Gasteiger partial charge in [0.1, 0.15) is 11.1 Å². The molecule has 1 aliphatic rings. The minimum absolute atomic E-state index is 0.142. The lowest BCUT2D eigenvalue weighted by molar-refractivity contribution is -0.136. The van der Waals surface area contributed by atoms with Crippen LogP contribution in [0, 0.1) is 0 Å². The number of thiazole rings is 1. The SMILES string of the molecule is CCc1nc(C2CCCO2)sc1CCC(=O)O. The number of nitrogens with zero attached hydrogens (tertiary/aromatic N) is 1. The molecule has 0 bridgehead atoms. The zero-order chi connectivity index (χ0) is 12.3. The Balaban J connectivity index is 2.10. The minimum Gasteiger partial charge on any atom is -0.481 e. The van der Waals surface area contributed by atoms with Crippen molar-refractivity contribution in [3.05, 3.63) is 15.6 Å². The van der Waals surface area contributed by atoms with Crippen LogP contribution < -0.4 is 0 Å². The maximum Gasteiger partial charge on any atom is 0.303 e. The van der Waals surface area contributed by atoms with Gasteiger partial charge in [0, 0.05) is 11.5 Å². The van der Waals surface area contributed by atoms with Gasteiger partial charge in [-0.1, -0.05) is 6.92 Å². The number of hydrogen-bond donors (Lipinski definition) is 1. The van der Waals surface area contributed by atoms with E-state index in [4.69, 9.17) is 9.84 Å². The van der Waals surface area contributed by atoms with Crippen LogP contribution in [0.5, 0.6) is 0 Å². The molecule has 0 aromatic carbocycles. The van der Waals surface area contributed by atoms with Crippen molar-refractivity contribution < 1.29 is 14.6 Å². The fourth-order valence-electron chi connectivity index (χ4n) is 2.01. The Bertz CT molecular complexity index is 396. The van der Waals surface area contributed by atoms with Crippen molar-refractivity contribution in [1.29, 1.82) is 0 Å². The molecule has 94 valence electrons. The highest BCUT2D eigenvalue weighted by atomic mass is 32.1. The third-order valence-electron chi connectivity index (χ3n) is 2.90. The Hall–Kier alpha value is -0.940. The molecule has 1 saturated heterocycles. The van der Waals surface area contributed by atoms with Crippen molar-refractivity contribution in [2.24, 2.45) is 0 Å². The predicted molar refractivity (Wildman–Crippen MR) is 65.4 cm³/mol. The molecule has 5 heteroatoms. The summed E-state index contributed by atoms with van der Waals surface area (Å²) in [6.07, 6.45) is 3.90. The monoisotopic (exact) mass is 255 g/mol. The average molecular weight is 255 g/mol. The number of rotatable bonds is 5. The first kappa shape index (κ1) is 12.5. The highest BCUT2D eigenvalue weighted by Gasteiger charge is 2.22. The van der Waals surface area contributed by atoms with Gasteiger partial charge in [-0.3, -0.25) is 4.79 Å². The van der Waals surface area contributed by atoms with Crippen LogP contribution in [0.2, 0.25) is 0 Å². The van der Waals surface area contributed by atoms with E-state index < -0.39 is 5.97 Å². The van der Waals surface area contributed by atoms with Crippen LogP contribution in [0.4, 0.5) is 0 Å². The van der Waals surface area contributed by atoms with Gasteiger partial charge in [-0.15, -0.1) is 11.3 Å². The number of carbonyl (C=O) groups is 1. The van der Waals surface area contributed by atoms with Crippen LogP contribution in [0.15, 0.2) is 0 Å². The molecule has 4 nitrogen and oxygen atoms in total. The second-order valence-electron chi connectivity index (χ2n) is 4.17. The summed E-state index contributed by atoms with van der Waals surface area (Å²) in [5.74, 6) is -0.751. The highest BCUT2D eigenvalue weighted by Crippen LogP contribution is 2.33. The smallest absolute Gasteiger partial charge is 0.303 e. The van der Waals surface area contributed by atoms with Crippen LogP contribution >= 0.6 is 11.3 Å². The van der Waals surface area contributed by atoms with Crippen molar-refractivity contribution in [2.45, 2.75) is 45.1 Å². The van der Waals surface area contributed by atoms with Gasteiger partial charge in [0.05, 0.1) is 12.1 Å². The zero-order valence-corrected chi connectivity index (χ0v) is 10.8. The van der Waals surface area contributed by atoms with E-state index in [9.17, 15) is 4.79 Å². The number of hydrogen-bond acceptors (Lipinski definition) is 4. The van der Waals surface area contributed by atoms with E-state index in [0.29, 0.717) is 6.42 Å². The molecule has 0 aliphatic carbocycles. The van der Waals surface area contributed by atoms with Crippen LogP contribution in [-0.2, 0) is 22.4 Å². The van der Waals surface area contributed by atoms with E-state index in [1.54, 1.807) is 11.3 Å². The molecule has 0 spiro atoms.